The average Bonchev–Trinajstić information content (AvgIpc) is 3.27. The van der Waals surface area contributed by atoms with Crippen molar-refractivity contribution in [3.8, 4) is 5.69 Å². The van der Waals surface area contributed by atoms with E-state index in [4.69, 9.17) is 0 Å². The first kappa shape index (κ1) is 17.8. The first-order valence-electron chi connectivity index (χ1n) is 8.60. The summed E-state index contributed by atoms with van der Waals surface area (Å²) >= 11 is 0. The maximum absolute atomic E-state index is 13.3. The zero-order chi connectivity index (χ0) is 20.0. The maximum Gasteiger partial charge on any atom is 0.328 e. The lowest BCUT2D eigenvalue weighted by atomic mass is 10.1. The van der Waals surface area contributed by atoms with Gasteiger partial charge in [-0.15, -0.1) is 10.2 Å². The van der Waals surface area contributed by atoms with E-state index in [1.807, 2.05) is 0 Å². The number of carboxylic acids is 1. The molecular weight excluding hydrogens is 367 g/mol. The maximum atomic E-state index is 13.3. The van der Waals surface area contributed by atoms with Gasteiger partial charge in [0.2, 0.25) is 0 Å². The Balaban J connectivity index is 1.65. The summed E-state index contributed by atoms with van der Waals surface area (Å²) in [6, 6.07) is 4.71. The molecule has 144 valence electrons. The Bertz CT molecular complexity index is 1090. The van der Waals surface area contributed by atoms with Gasteiger partial charge in [-0.05, 0) is 43.7 Å². The summed E-state index contributed by atoms with van der Waals surface area (Å²) < 4.78 is 16.5. The highest BCUT2D eigenvalue weighted by Gasteiger charge is 2.37. The molecule has 1 unspecified atom stereocenters. The summed E-state index contributed by atoms with van der Waals surface area (Å²) in [6.07, 6.45) is 1.58. The number of fused-ring (bicyclic) bond motifs is 1. The van der Waals surface area contributed by atoms with Crippen molar-refractivity contribution in [3.63, 3.8) is 0 Å². The van der Waals surface area contributed by atoms with Crippen LogP contribution >= 0.6 is 0 Å². The van der Waals surface area contributed by atoms with Gasteiger partial charge in [0.25, 0.3) is 5.91 Å². The molecule has 0 spiro atoms. The quantitative estimate of drug-likeness (QED) is 0.730. The fourth-order valence-electron chi connectivity index (χ4n) is 3.33. The van der Waals surface area contributed by atoms with E-state index in [-0.39, 0.29) is 24.6 Å². The Morgan fingerprint density at radius 3 is 2.71 bits per heavy atom. The molecule has 28 heavy (non-hydrogen) atoms. The highest BCUT2D eigenvalue weighted by molar-refractivity contribution is 5.95. The first-order valence-corrected chi connectivity index (χ1v) is 8.60. The third kappa shape index (κ3) is 2.92. The largest absolute Gasteiger partial charge is 0.480 e. The van der Waals surface area contributed by atoms with Crippen LogP contribution in [0.25, 0.3) is 5.69 Å². The monoisotopic (exact) mass is 384 g/mol. The number of nitrogens with zero attached hydrogens (tertiary/aromatic N) is 6. The number of hydrogen-bond donors (Lipinski definition) is 1. The van der Waals surface area contributed by atoms with Crippen LogP contribution in [0.3, 0.4) is 0 Å². The Hall–Kier alpha value is -3.56. The molecule has 3 heterocycles. The number of aliphatic carboxylic acids is 1. The smallest absolute Gasteiger partial charge is 0.328 e. The number of rotatable bonds is 3. The van der Waals surface area contributed by atoms with Crippen LogP contribution in [0.15, 0.2) is 30.5 Å². The first-order chi connectivity index (χ1) is 13.3. The van der Waals surface area contributed by atoms with Gasteiger partial charge >= 0.3 is 5.97 Å². The van der Waals surface area contributed by atoms with Gasteiger partial charge in [-0.2, -0.15) is 5.10 Å². The van der Waals surface area contributed by atoms with Crippen LogP contribution in [0.1, 0.15) is 27.7 Å². The molecule has 1 N–H and O–H groups in total. The lowest BCUT2D eigenvalue weighted by Gasteiger charge is -2.32. The van der Waals surface area contributed by atoms with E-state index in [0.717, 1.165) is 0 Å². The molecule has 9 nitrogen and oxygen atoms in total. The molecule has 2 aromatic heterocycles. The van der Waals surface area contributed by atoms with Crippen LogP contribution in [0.4, 0.5) is 4.39 Å². The van der Waals surface area contributed by atoms with E-state index < -0.39 is 17.9 Å². The van der Waals surface area contributed by atoms with Crippen LogP contribution in [-0.4, -0.2) is 52.5 Å². The lowest BCUT2D eigenvalue weighted by Crippen LogP contribution is -2.50. The zero-order valence-electron chi connectivity index (χ0n) is 15.2. The second kappa shape index (κ2) is 6.55. The zero-order valence-corrected chi connectivity index (χ0v) is 15.2. The fraction of sp³-hybridized carbons (Fsp3) is 0.278. The van der Waals surface area contributed by atoms with Gasteiger partial charge in [-0.3, -0.25) is 4.79 Å². The Morgan fingerprint density at radius 2 is 2.00 bits per heavy atom. The van der Waals surface area contributed by atoms with Gasteiger partial charge in [0.05, 0.1) is 18.8 Å². The molecule has 0 radical (unpaired) electrons. The summed E-state index contributed by atoms with van der Waals surface area (Å²) in [5.41, 5.74) is 1.39. The number of carboxylic acid groups (broad SMARTS) is 1. The number of carbonyl (C=O) groups excluding carboxylic acids is 1. The van der Waals surface area contributed by atoms with Crippen molar-refractivity contribution in [2.45, 2.75) is 33.0 Å². The summed E-state index contributed by atoms with van der Waals surface area (Å²) in [4.78, 5) is 26.0. The minimum absolute atomic E-state index is 0.0269. The Morgan fingerprint density at radius 1 is 1.21 bits per heavy atom. The second-order valence-corrected chi connectivity index (χ2v) is 6.64. The van der Waals surface area contributed by atoms with E-state index in [0.29, 0.717) is 22.9 Å². The molecule has 1 aliphatic heterocycles. The van der Waals surface area contributed by atoms with Gasteiger partial charge < -0.3 is 14.6 Å². The highest BCUT2D eigenvalue weighted by Crippen LogP contribution is 2.21. The molecule has 0 bridgehead atoms. The fourth-order valence-corrected chi connectivity index (χ4v) is 3.33. The lowest BCUT2D eigenvalue weighted by molar-refractivity contribution is -0.143. The molecule has 0 fully saturated rings. The van der Waals surface area contributed by atoms with E-state index in [1.54, 1.807) is 30.7 Å². The van der Waals surface area contributed by atoms with Gasteiger partial charge in [-0.25, -0.2) is 13.9 Å². The SMILES string of the molecule is Cc1cc(F)ccc1-n1ccc(C(=O)N2Cc3nnc(C)n3CC2C(=O)O)n1. The predicted molar refractivity (Wildman–Crippen MR) is 94.3 cm³/mol. The number of benzene rings is 1. The summed E-state index contributed by atoms with van der Waals surface area (Å²) in [5, 5.41) is 21.8. The second-order valence-electron chi connectivity index (χ2n) is 6.64. The number of hydrogen-bond acceptors (Lipinski definition) is 5. The van der Waals surface area contributed by atoms with Crippen LogP contribution in [0.2, 0.25) is 0 Å². The molecule has 0 saturated heterocycles. The summed E-state index contributed by atoms with van der Waals surface area (Å²) in [5.74, 6) is -0.859. The number of halogens is 1. The van der Waals surface area contributed by atoms with E-state index in [1.165, 1.54) is 27.8 Å². The van der Waals surface area contributed by atoms with Gasteiger partial charge in [0.15, 0.2) is 11.5 Å². The molecule has 0 aliphatic carbocycles. The van der Waals surface area contributed by atoms with Gasteiger partial charge in [0, 0.05) is 6.20 Å². The summed E-state index contributed by atoms with van der Waals surface area (Å²) in [7, 11) is 0. The van der Waals surface area contributed by atoms with Crippen molar-refractivity contribution in [3.05, 3.63) is 59.2 Å². The number of aryl methyl sites for hydroxylation is 2. The molecule has 10 heteroatoms. The molecule has 1 aromatic carbocycles. The standard InChI is InChI=1S/C18H17FN6O3/c1-10-7-12(19)3-4-14(10)25-6-5-13(22-25)17(26)24-9-16-21-20-11(2)23(16)8-15(24)18(27)28/h3-7,15H,8-9H2,1-2H3,(H,27,28). The van der Waals surface area contributed by atoms with Crippen molar-refractivity contribution in [2.24, 2.45) is 0 Å². The molecule has 1 amide bonds. The normalized spacial score (nSPS) is 16.1. The average molecular weight is 384 g/mol. The van der Waals surface area contributed by atoms with Crippen LogP contribution in [0.5, 0.6) is 0 Å². The minimum Gasteiger partial charge on any atom is -0.480 e. The van der Waals surface area contributed by atoms with Crippen LogP contribution in [-0.2, 0) is 17.9 Å². The number of carbonyl (C=O) groups is 2. The van der Waals surface area contributed by atoms with E-state index >= 15 is 0 Å². The Kier molecular flexibility index (Phi) is 4.17. The minimum atomic E-state index is -1.11. The number of aromatic nitrogens is 5. The molecule has 0 saturated carbocycles. The van der Waals surface area contributed by atoms with Crippen molar-refractivity contribution in [1.82, 2.24) is 29.4 Å². The topological polar surface area (TPSA) is 106 Å². The highest BCUT2D eigenvalue weighted by atomic mass is 19.1. The van der Waals surface area contributed by atoms with Crippen molar-refractivity contribution >= 4 is 11.9 Å². The predicted octanol–water partition coefficient (Wildman–Crippen LogP) is 1.33. The molecule has 1 atom stereocenters. The van der Waals surface area contributed by atoms with Crippen LogP contribution in [0, 0.1) is 19.7 Å². The molecule has 1 aliphatic rings. The van der Waals surface area contributed by atoms with E-state index in [9.17, 15) is 19.1 Å². The summed E-state index contributed by atoms with van der Waals surface area (Å²) in [6.45, 7) is 3.58. The van der Waals surface area contributed by atoms with Gasteiger partial charge in [-0.1, -0.05) is 0 Å². The third-order valence-electron chi connectivity index (χ3n) is 4.82. The third-order valence-corrected chi connectivity index (χ3v) is 4.82. The number of amides is 1. The van der Waals surface area contributed by atoms with Crippen molar-refractivity contribution in [1.29, 1.82) is 0 Å². The van der Waals surface area contributed by atoms with Gasteiger partial charge in [0.1, 0.15) is 17.7 Å². The molecule has 4 rings (SSSR count). The van der Waals surface area contributed by atoms with E-state index in [2.05, 4.69) is 15.3 Å². The Labute approximate surface area is 159 Å². The van der Waals surface area contributed by atoms with Crippen molar-refractivity contribution in [2.75, 3.05) is 0 Å². The van der Waals surface area contributed by atoms with Crippen molar-refractivity contribution < 1.29 is 19.1 Å². The van der Waals surface area contributed by atoms with Crippen LogP contribution < -0.4 is 0 Å². The molecule has 3 aromatic rings. The molecular formula is C18H17FN6O3.